The van der Waals surface area contributed by atoms with E-state index in [-0.39, 0.29) is 44.2 Å². The first-order valence-corrected chi connectivity index (χ1v) is 28.0. The fourth-order valence-corrected chi connectivity index (χ4v) is 12.4. The smallest absolute Gasteiger partial charge is 0.418 e. The second-order valence-electron chi connectivity index (χ2n) is 22.4. The summed E-state index contributed by atoms with van der Waals surface area (Å²) in [5.74, 6) is -4.89. The number of amides is 6. The SMILES string of the molecule is C.C.C[C@H](N(Cc1ccc(F)cc1)C(=O)CN1C(=O)OC2(CC3(CC3)c3cc(Br)ccc32)C1=O)C(F)(F)F.C[C@H](N(Cc1ccc(F)cc1)C(=O)CN1C(=O)OC2(CC3(CC3)c3cc(N=C(c4ccccc4)c4ccccc4)ccc32)C1=O)C(F)(F)F. The Morgan fingerprint density at radius 3 is 1.31 bits per heavy atom. The Bertz CT molecular complexity index is 3650. The Labute approximate surface area is 505 Å². The third-order valence-corrected chi connectivity index (χ3v) is 17.5. The van der Waals surface area contributed by atoms with Gasteiger partial charge in [-0.2, -0.15) is 26.3 Å². The number of imide groups is 2. The molecule has 6 aromatic rings. The molecule has 0 aromatic heterocycles. The lowest BCUT2D eigenvalue weighted by Crippen LogP contribution is -2.51. The number of carbonyl (C=O) groups is 6. The Morgan fingerprint density at radius 2 is 0.931 bits per heavy atom. The number of hydrogen-bond donors (Lipinski definition) is 0. The lowest BCUT2D eigenvalue weighted by molar-refractivity contribution is -0.187. The van der Waals surface area contributed by atoms with Crippen LogP contribution in [0.3, 0.4) is 0 Å². The number of ether oxygens (including phenoxy) is 2. The average Bonchev–Trinajstić information content (AvgIpc) is 1.54. The predicted octanol–water partition coefficient (Wildman–Crippen LogP) is 14.0. The van der Waals surface area contributed by atoms with Crippen LogP contribution in [0.4, 0.5) is 50.4 Å². The van der Waals surface area contributed by atoms with Gasteiger partial charge in [0.1, 0.15) is 36.8 Å². The van der Waals surface area contributed by atoms with Crippen LogP contribution in [0.5, 0.6) is 0 Å². The van der Waals surface area contributed by atoms with E-state index in [1.54, 1.807) is 24.3 Å². The first kappa shape index (κ1) is 63.2. The van der Waals surface area contributed by atoms with Crippen molar-refractivity contribution in [2.75, 3.05) is 13.1 Å². The minimum absolute atomic E-state index is 0. The maximum atomic E-state index is 14.1. The van der Waals surface area contributed by atoms with Gasteiger partial charge in [0.25, 0.3) is 11.8 Å². The summed E-state index contributed by atoms with van der Waals surface area (Å²) in [6, 6.07) is 35.1. The summed E-state index contributed by atoms with van der Waals surface area (Å²) >= 11 is 3.42. The van der Waals surface area contributed by atoms with Crippen LogP contribution in [-0.4, -0.2) is 98.7 Å². The highest BCUT2D eigenvalue weighted by atomic mass is 79.9. The molecule has 4 atom stereocenters. The highest BCUT2D eigenvalue weighted by Gasteiger charge is 2.69. The zero-order valence-corrected chi connectivity index (χ0v) is 47.1. The van der Waals surface area contributed by atoms with Gasteiger partial charge in [-0.05, 0) is 110 Å². The molecule has 2 saturated carbocycles. The van der Waals surface area contributed by atoms with Crippen LogP contribution in [0.25, 0.3) is 0 Å². The number of alkyl halides is 6. The van der Waals surface area contributed by atoms with Crippen molar-refractivity contribution in [1.82, 2.24) is 19.6 Å². The zero-order valence-electron chi connectivity index (χ0n) is 45.5. The van der Waals surface area contributed by atoms with Crippen molar-refractivity contribution in [3.63, 3.8) is 0 Å². The number of benzene rings is 6. The molecule has 22 heteroatoms. The topological polar surface area (TPSA) is 146 Å². The summed E-state index contributed by atoms with van der Waals surface area (Å²) in [4.78, 5) is 87.6. The Kier molecular flexibility index (Phi) is 17.0. The molecule has 0 radical (unpaired) electrons. The second kappa shape index (κ2) is 23.4. The van der Waals surface area contributed by atoms with Gasteiger partial charge in [-0.15, -0.1) is 0 Å². The Morgan fingerprint density at radius 1 is 0.552 bits per heavy atom. The Balaban J connectivity index is 0.000000212. The monoisotopic (exact) mass is 1270 g/mol. The highest BCUT2D eigenvalue weighted by Crippen LogP contribution is 2.66. The van der Waals surface area contributed by atoms with Crippen molar-refractivity contribution < 1.29 is 73.4 Å². The lowest BCUT2D eigenvalue weighted by Gasteiger charge is -2.31. The van der Waals surface area contributed by atoms with E-state index in [1.807, 2.05) is 72.8 Å². The molecule has 0 N–H and O–H groups in total. The average molecular weight is 1270 g/mol. The van der Waals surface area contributed by atoms with Crippen LogP contribution in [0.2, 0.25) is 0 Å². The fourth-order valence-electron chi connectivity index (χ4n) is 12.0. The molecular formula is C65H60BrF8N5O8. The molecular weight excluding hydrogens is 1210 g/mol. The van der Waals surface area contributed by atoms with E-state index < -0.39 is 115 Å². The molecule has 13 nitrogen and oxygen atoms in total. The largest absolute Gasteiger partial charge is 0.427 e. The van der Waals surface area contributed by atoms with Crippen LogP contribution in [0.15, 0.2) is 155 Å². The molecule has 2 unspecified atom stereocenters. The van der Waals surface area contributed by atoms with Crippen molar-refractivity contribution in [3.05, 3.63) is 206 Å². The van der Waals surface area contributed by atoms with E-state index in [0.717, 1.165) is 96.2 Å². The number of halogens is 9. The van der Waals surface area contributed by atoms with Crippen molar-refractivity contribution in [2.24, 2.45) is 4.99 Å². The number of nitrogens with zero attached hydrogens (tertiary/aromatic N) is 5. The quantitative estimate of drug-likeness (QED) is 0.0820. The van der Waals surface area contributed by atoms with Gasteiger partial charge in [-0.1, -0.05) is 128 Å². The summed E-state index contributed by atoms with van der Waals surface area (Å²) in [5, 5.41) is 0. The summed E-state index contributed by atoms with van der Waals surface area (Å²) in [6.07, 6.45) is -8.19. The predicted molar refractivity (Wildman–Crippen MR) is 308 cm³/mol. The molecule has 456 valence electrons. The third-order valence-electron chi connectivity index (χ3n) is 17.0. The summed E-state index contributed by atoms with van der Waals surface area (Å²) in [7, 11) is 0. The molecule has 2 heterocycles. The van der Waals surface area contributed by atoms with Crippen molar-refractivity contribution >= 4 is 63.1 Å². The summed E-state index contributed by atoms with van der Waals surface area (Å²) < 4.78 is 121. The molecule has 6 aromatic carbocycles. The Hall–Kier alpha value is -8.27. The first-order valence-electron chi connectivity index (χ1n) is 27.2. The molecule has 6 aliphatic rings. The van der Waals surface area contributed by atoms with Crippen LogP contribution in [0.1, 0.15) is 112 Å². The van der Waals surface area contributed by atoms with Gasteiger partial charge in [0.15, 0.2) is 0 Å². The highest BCUT2D eigenvalue weighted by molar-refractivity contribution is 9.10. The fraction of sp³-hybridized carbons (Fsp3) is 0.338. The minimum Gasteiger partial charge on any atom is -0.427 e. The maximum Gasteiger partial charge on any atom is 0.418 e. The van der Waals surface area contributed by atoms with Crippen molar-refractivity contribution in [3.8, 4) is 0 Å². The van der Waals surface area contributed by atoms with Crippen molar-refractivity contribution in [2.45, 2.75) is 127 Å². The van der Waals surface area contributed by atoms with Gasteiger partial charge in [0, 0.05) is 63.5 Å². The van der Waals surface area contributed by atoms with Gasteiger partial charge in [-0.3, -0.25) is 19.2 Å². The van der Waals surface area contributed by atoms with E-state index in [1.165, 1.54) is 24.3 Å². The molecule has 87 heavy (non-hydrogen) atoms. The van der Waals surface area contributed by atoms with E-state index >= 15 is 0 Å². The maximum absolute atomic E-state index is 14.1. The van der Waals surface area contributed by atoms with E-state index in [2.05, 4.69) is 15.9 Å². The lowest BCUT2D eigenvalue weighted by atomic mass is 9.94. The number of fused-ring (bicyclic) bond motifs is 6. The van der Waals surface area contributed by atoms with Gasteiger partial charge >= 0.3 is 24.5 Å². The summed E-state index contributed by atoms with van der Waals surface area (Å²) in [5.41, 5.74) is 2.47. The van der Waals surface area contributed by atoms with E-state index in [9.17, 15) is 63.9 Å². The van der Waals surface area contributed by atoms with Gasteiger partial charge in [-0.25, -0.2) is 33.2 Å². The zero-order chi connectivity index (χ0) is 60.6. The molecule has 4 spiro atoms. The molecule has 0 bridgehead atoms. The van der Waals surface area contributed by atoms with Crippen molar-refractivity contribution in [1.29, 1.82) is 0 Å². The van der Waals surface area contributed by atoms with E-state index in [4.69, 9.17) is 14.5 Å². The van der Waals surface area contributed by atoms with Crippen LogP contribution in [-0.2, 0) is 63.8 Å². The first-order chi connectivity index (χ1) is 40.3. The molecule has 12 rings (SSSR count). The second-order valence-corrected chi connectivity index (χ2v) is 23.3. The van der Waals surface area contributed by atoms with Crippen LogP contribution >= 0.6 is 15.9 Å². The normalized spacial score (nSPS) is 20.4. The minimum atomic E-state index is -4.80. The standard InChI is InChI=1S/C38H31F4N3O4.C25H21BrF4N2O4.2CH4/c1-24(38(40,41)42)44(21-25-12-14-28(39)15-13-25)32(46)22-45-34(47)37(49-35(45)48)23-36(18-19-36)31-20-29(16-17-30(31)37)43-33(26-8-4-2-5-9-26)27-10-6-3-7-11-27;1-14(25(28,29)30)31(11-15-2-5-17(27)6-3-15)20(33)12-32-21(34)24(36-22(32)35)13-23(8-9-23)19-10-16(26)4-7-18(19)24;;/h2-17,20,24H,18-19,21-23H2,1H3;2-7,10,14H,8-9,11-13H2,1H3;2*1H4/t24-,37?;14-,24?;;/m00../s1. The molecule has 2 saturated heterocycles. The van der Waals surface area contributed by atoms with E-state index in [0.29, 0.717) is 36.4 Å². The van der Waals surface area contributed by atoms with Gasteiger partial charge < -0.3 is 19.3 Å². The number of aliphatic imine (C=N–C) groups is 1. The molecule has 4 aliphatic carbocycles. The number of rotatable bonds is 13. The van der Waals surface area contributed by atoms with Crippen LogP contribution in [0, 0.1) is 11.6 Å². The van der Waals surface area contributed by atoms with Gasteiger partial charge in [0.05, 0.1) is 11.4 Å². The molecule has 4 fully saturated rings. The molecule has 6 amide bonds. The number of hydrogen-bond acceptors (Lipinski definition) is 9. The molecule has 2 aliphatic heterocycles. The third kappa shape index (κ3) is 11.9. The van der Waals surface area contributed by atoms with Gasteiger partial charge in [0.2, 0.25) is 23.0 Å². The number of carbonyl (C=O) groups excluding carboxylic acids is 6. The van der Waals surface area contributed by atoms with Crippen LogP contribution < -0.4 is 0 Å². The summed E-state index contributed by atoms with van der Waals surface area (Å²) in [6.45, 7) is -1.20.